The monoisotopic (exact) mass is 459 g/mol. The van der Waals surface area contributed by atoms with E-state index in [-0.39, 0.29) is 5.91 Å². The molecule has 7 nitrogen and oxygen atoms in total. The van der Waals surface area contributed by atoms with E-state index in [1.54, 1.807) is 0 Å². The second-order valence-electron chi connectivity index (χ2n) is 8.01. The molecule has 1 heterocycles. The summed E-state index contributed by atoms with van der Waals surface area (Å²) in [7, 11) is 0. The molecule has 1 fully saturated rings. The molecule has 1 aliphatic carbocycles. The minimum atomic E-state index is -0.535. The van der Waals surface area contributed by atoms with Crippen LogP contribution in [0.4, 0.5) is 5.69 Å². The Hall–Kier alpha value is -3.71. The van der Waals surface area contributed by atoms with Crippen molar-refractivity contribution in [3.63, 3.8) is 0 Å². The number of rotatable bonds is 7. The first-order valence-electron chi connectivity index (χ1n) is 10.8. The van der Waals surface area contributed by atoms with Crippen LogP contribution in [0.1, 0.15) is 25.3 Å². The number of benzene rings is 3. The minimum absolute atomic E-state index is 0.0415. The molecule has 0 aliphatic heterocycles. The third-order valence-electron chi connectivity index (χ3n) is 5.92. The summed E-state index contributed by atoms with van der Waals surface area (Å²) in [5.41, 5.74) is 3.79. The van der Waals surface area contributed by atoms with Crippen LogP contribution in [-0.4, -0.2) is 33.1 Å². The first-order chi connectivity index (χ1) is 16.1. The standard InChI is InChI=1S/C25H22ClN5O2/c1-2-33-20-9-6-16(7-10-20)21-11-8-19(15-22(21)23-28-30-31-29-23)27-24(32)25(12-13-25)17-4-3-5-18(26)14-17/h3-11,14-15H,2,12-13H2,1H3,(H,27,32)(H,28,29,30,31). The van der Waals surface area contributed by atoms with E-state index in [9.17, 15) is 4.79 Å². The predicted octanol–water partition coefficient (Wildman–Crippen LogP) is 5.26. The van der Waals surface area contributed by atoms with Crippen LogP contribution >= 0.6 is 11.6 Å². The van der Waals surface area contributed by atoms with Gasteiger partial charge < -0.3 is 10.1 Å². The molecule has 33 heavy (non-hydrogen) atoms. The van der Waals surface area contributed by atoms with Gasteiger partial charge in [-0.25, -0.2) is 5.10 Å². The van der Waals surface area contributed by atoms with Gasteiger partial charge in [-0.2, -0.15) is 0 Å². The summed E-state index contributed by atoms with van der Waals surface area (Å²) in [6.07, 6.45) is 1.59. The van der Waals surface area contributed by atoms with Crippen molar-refractivity contribution < 1.29 is 9.53 Å². The molecule has 4 aromatic rings. The Bertz CT molecular complexity index is 1280. The SMILES string of the molecule is CCOc1ccc(-c2ccc(NC(=O)C3(c4cccc(Cl)c4)CC3)cc2-c2nnn[nH]2)cc1. The molecule has 3 aromatic carbocycles. The highest BCUT2D eigenvalue weighted by atomic mass is 35.5. The third kappa shape index (κ3) is 4.19. The summed E-state index contributed by atoms with van der Waals surface area (Å²) in [5.74, 6) is 1.29. The van der Waals surface area contributed by atoms with Crippen molar-refractivity contribution in [3.05, 3.63) is 77.3 Å². The van der Waals surface area contributed by atoms with Crippen molar-refractivity contribution in [2.75, 3.05) is 11.9 Å². The maximum atomic E-state index is 13.2. The van der Waals surface area contributed by atoms with E-state index in [1.807, 2.05) is 73.7 Å². The highest BCUT2D eigenvalue weighted by molar-refractivity contribution is 6.30. The molecule has 0 bridgehead atoms. The average Bonchev–Trinajstić information content (AvgIpc) is 3.47. The largest absolute Gasteiger partial charge is 0.494 e. The lowest BCUT2D eigenvalue weighted by Crippen LogP contribution is -2.27. The number of ether oxygens (including phenoxy) is 1. The molecule has 5 rings (SSSR count). The van der Waals surface area contributed by atoms with Gasteiger partial charge in [-0.05, 0) is 83.3 Å². The quantitative estimate of drug-likeness (QED) is 0.393. The van der Waals surface area contributed by atoms with E-state index in [1.165, 1.54) is 0 Å². The molecule has 1 saturated carbocycles. The van der Waals surface area contributed by atoms with Gasteiger partial charge in [-0.3, -0.25) is 4.79 Å². The van der Waals surface area contributed by atoms with Gasteiger partial charge in [0.2, 0.25) is 5.91 Å². The fourth-order valence-electron chi connectivity index (χ4n) is 4.05. The number of halogens is 1. The van der Waals surface area contributed by atoms with Gasteiger partial charge in [0.15, 0.2) is 5.82 Å². The molecule has 0 atom stereocenters. The fourth-order valence-corrected chi connectivity index (χ4v) is 4.24. The Kier molecular flexibility index (Phi) is 5.56. The molecule has 1 aromatic heterocycles. The minimum Gasteiger partial charge on any atom is -0.494 e. The van der Waals surface area contributed by atoms with E-state index in [2.05, 4.69) is 25.9 Å². The van der Waals surface area contributed by atoms with E-state index in [0.717, 1.165) is 40.8 Å². The van der Waals surface area contributed by atoms with Crippen LogP contribution in [0.15, 0.2) is 66.7 Å². The van der Waals surface area contributed by atoms with Crippen LogP contribution < -0.4 is 10.1 Å². The molecule has 0 spiro atoms. The molecule has 1 amide bonds. The van der Waals surface area contributed by atoms with Crippen LogP contribution in [0, 0.1) is 0 Å². The molecule has 2 N–H and O–H groups in total. The maximum Gasteiger partial charge on any atom is 0.235 e. The van der Waals surface area contributed by atoms with Crippen molar-refractivity contribution in [2.45, 2.75) is 25.2 Å². The van der Waals surface area contributed by atoms with Crippen molar-refractivity contribution in [3.8, 4) is 28.3 Å². The van der Waals surface area contributed by atoms with Gasteiger partial charge in [0.1, 0.15) is 5.75 Å². The van der Waals surface area contributed by atoms with Crippen LogP contribution in [0.5, 0.6) is 5.75 Å². The van der Waals surface area contributed by atoms with Gasteiger partial charge in [-0.15, -0.1) is 5.10 Å². The predicted molar refractivity (Wildman–Crippen MR) is 127 cm³/mol. The zero-order chi connectivity index (χ0) is 22.8. The average molecular weight is 460 g/mol. The molecular weight excluding hydrogens is 438 g/mol. The Labute approximate surface area is 196 Å². The first-order valence-corrected chi connectivity index (χ1v) is 11.2. The Morgan fingerprint density at radius 3 is 2.58 bits per heavy atom. The van der Waals surface area contributed by atoms with E-state index < -0.39 is 5.41 Å². The van der Waals surface area contributed by atoms with Gasteiger partial charge in [0, 0.05) is 16.3 Å². The van der Waals surface area contributed by atoms with Gasteiger partial charge in [-0.1, -0.05) is 41.9 Å². The number of H-pyrrole nitrogens is 1. The number of hydrogen-bond acceptors (Lipinski definition) is 5. The normalized spacial score (nSPS) is 14.0. The fraction of sp³-hybridized carbons (Fsp3) is 0.200. The number of amides is 1. The number of tetrazole rings is 1. The van der Waals surface area contributed by atoms with Crippen LogP contribution in [0.2, 0.25) is 5.02 Å². The number of hydrogen-bond donors (Lipinski definition) is 2. The van der Waals surface area contributed by atoms with Crippen molar-refractivity contribution in [1.82, 2.24) is 20.6 Å². The number of carbonyl (C=O) groups excluding carboxylic acids is 1. The Morgan fingerprint density at radius 1 is 1.09 bits per heavy atom. The number of carbonyl (C=O) groups is 1. The molecule has 0 unspecified atom stereocenters. The van der Waals surface area contributed by atoms with Crippen molar-refractivity contribution in [1.29, 1.82) is 0 Å². The number of nitrogens with one attached hydrogen (secondary N) is 2. The summed E-state index contributed by atoms with van der Waals surface area (Å²) >= 11 is 6.16. The zero-order valence-corrected chi connectivity index (χ0v) is 18.8. The van der Waals surface area contributed by atoms with E-state index >= 15 is 0 Å². The van der Waals surface area contributed by atoms with Crippen molar-refractivity contribution >= 4 is 23.2 Å². The topological polar surface area (TPSA) is 92.8 Å². The molecule has 166 valence electrons. The molecule has 0 saturated heterocycles. The van der Waals surface area contributed by atoms with Crippen LogP contribution in [0.25, 0.3) is 22.5 Å². The second kappa shape index (κ2) is 8.67. The van der Waals surface area contributed by atoms with E-state index in [0.29, 0.717) is 23.1 Å². The highest BCUT2D eigenvalue weighted by Gasteiger charge is 2.51. The Morgan fingerprint density at radius 2 is 1.91 bits per heavy atom. The van der Waals surface area contributed by atoms with Gasteiger partial charge in [0.25, 0.3) is 0 Å². The van der Waals surface area contributed by atoms with Crippen LogP contribution in [-0.2, 0) is 10.2 Å². The summed E-state index contributed by atoms with van der Waals surface area (Å²) < 4.78 is 5.55. The lowest BCUT2D eigenvalue weighted by Gasteiger charge is -2.17. The first kappa shape index (κ1) is 21.2. The smallest absolute Gasteiger partial charge is 0.235 e. The second-order valence-corrected chi connectivity index (χ2v) is 8.45. The molecule has 1 aliphatic rings. The molecule has 0 radical (unpaired) electrons. The van der Waals surface area contributed by atoms with Gasteiger partial charge in [0.05, 0.1) is 12.0 Å². The number of aromatic nitrogens is 4. The van der Waals surface area contributed by atoms with Crippen molar-refractivity contribution in [2.24, 2.45) is 0 Å². The zero-order valence-electron chi connectivity index (χ0n) is 18.0. The third-order valence-corrected chi connectivity index (χ3v) is 6.15. The van der Waals surface area contributed by atoms with Gasteiger partial charge >= 0.3 is 0 Å². The summed E-state index contributed by atoms with van der Waals surface area (Å²) in [4.78, 5) is 13.2. The van der Waals surface area contributed by atoms with E-state index in [4.69, 9.17) is 16.3 Å². The lowest BCUT2D eigenvalue weighted by molar-refractivity contribution is -0.118. The molecule has 8 heteroatoms. The summed E-state index contributed by atoms with van der Waals surface area (Å²) in [6.45, 7) is 2.56. The lowest BCUT2D eigenvalue weighted by atomic mass is 9.94. The number of anilines is 1. The summed E-state index contributed by atoms with van der Waals surface area (Å²) in [6, 6.07) is 21.1. The number of aromatic amines is 1. The van der Waals surface area contributed by atoms with Crippen LogP contribution in [0.3, 0.4) is 0 Å². The Balaban J connectivity index is 1.46. The maximum absolute atomic E-state index is 13.2. The number of nitrogens with zero attached hydrogens (tertiary/aromatic N) is 3. The highest BCUT2D eigenvalue weighted by Crippen LogP contribution is 2.49. The molecular formula is C25H22ClN5O2. The summed E-state index contributed by atoms with van der Waals surface area (Å²) in [5, 5.41) is 18.1.